The minimum atomic E-state index is -4.48. The van der Waals surface area contributed by atoms with Gasteiger partial charge in [0.2, 0.25) is 0 Å². The molecule has 2 N–H and O–H groups in total. The normalized spacial score (nSPS) is 11.4. The van der Waals surface area contributed by atoms with Crippen LogP contribution in [0, 0.1) is 0 Å². The van der Waals surface area contributed by atoms with Crippen molar-refractivity contribution in [2.24, 2.45) is 0 Å². The van der Waals surface area contributed by atoms with E-state index in [2.05, 4.69) is 10.9 Å². The van der Waals surface area contributed by atoms with Gasteiger partial charge in [-0.25, -0.2) is 0 Å². The summed E-state index contributed by atoms with van der Waals surface area (Å²) in [6, 6.07) is 9.03. The monoisotopic (exact) mass is 422 g/mol. The molecule has 6 nitrogen and oxygen atoms in total. The number of carbonyl (C=O) groups excluding carboxylic acids is 2. The van der Waals surface area contributed by atoms with Crippen LogP contribution in [0.2, 0.25) is 0 Å². The zero-order valence-corrected chi connectivity index (χ0v) is 16.5. The summed E-state index contributed by atoms with van der Waals surface area (Å²) in [6.45, 7) is 3.70. The maximum absolute atomic E-state index is 12.7. The summed E-state index contributed by atoms with van der Waals surface area (Å²) in [7, 11) is 1.44. The highest BCUT2D eigenvalue weighted by molar-refractivity contribution is 5.98. The van der Waals surface area contributed by atoms with E-state index in [1.165, 1.54) is 37.5 Å². The fraction of sp³-hybridized carbons (Fsp3) is 0.238. The van der Waals surface area contributed by atoms with E-state index in [9.17, 15) is 22.8 Å². The van der Waals surface area contributed by atoms with Gasteiger partial charge >= 0.3 is 6.18 Å². The van der Waals surface area contributed by atoms with Crippen molar-refractivity contribution in [2.45, 2.75) is 26.1 Å². The Morgan fingerprint density at radius 3 is 2.40 bits per heavy atom. The minimum Gasteiger partial charge on any atom is -0.493 e. The number of alkyl halides is 3. The third kappa shape index (κ3) is 6.54. The van der Waals surface area contributed by atoms with Gasteiger partial charge in [-0.05, 0) is 55.8 Å². The molecule has 0 aliphatic carbocycles. The minimum absolute atomic E-state index is 0.0820. The fourth-order valence-corrected chi connectivity index (χ4v) is 2.38. The molecule has 0 aliphatic heterocycles. The maximum atomic E-state index is 12.7. The predicted molar refractivity (Wildman–Crippen MR) is 105 cm³/mol. The summed E-state index contributed by atoms with van der Waals surface area (Å²) in [4.78, 5) is 24.1. The van der Waals surface area contributed by atoms with Gasteiger partial charge in [0.05, 0.1) is 18.8 Å². The van der Waals surface area contributed by atoms with Crippen molar-refractivity contribution in [1.29, 1.82) is 0 Å². The fourth-order valence-electron chi connectivity index (χ4n) is 2.38. The molecule has 2 amide bonds. The lowest BCUT2D eigenvalue weighted by molar-refractivity contribution is -0.137. The second-order valence-corrected chi connectivity index (χ2v) is 6.43. The third-order valence-corrected chi connectivity index (χ3v) is 3.73. The maximum Gasteiger partial charge on any atom is 0.416 e. The molecule has 9 heteroatoms. The molecule has 0 saturated carbocycles. The summed E-state index contributed by atoms with van der Waals surface area (Å²) < 4.78 is 48.9. The van der Waals surface area contributed by atoms with Gasteiger partial charge in [0, 0.05) is 11.6 Å². The number of hydrazine groups is 1. The lowest BCUT2D eigenvalue weighted by Crippen LogP contribution is -2.40. The highest BCUT2D eigenvalue weighted by atomic mass is 19.4. The van der Waals surface area contributed by atoms with Crippen LogP contribution in [0.3, 0.4) is 0 Å². The molecule has 0 bridgehead atoms. The Morgan fingerprint density at radius 1 is 1.03 bits per heavy atom. The molecule has 0 heterocycles. The first-order valence-corrected chi connectivity index (χ1v) is 8.90. The van der Waals surface area contributed by atoms with E-state index in [1.807, 2.05) is 13.8 Å². The largest absolute Gasteiger partial charge is 0.493 e. The first-order chi connectivity index (χ1) is 14.1. The predicted octanol–water partition coefficient (Wildman–Crippen LogP) is 3.98. The lowest BCUT2D eigenvalue weighted by atomic mass is 10.1. The Kier molecular flexibility index (Phi) is 7.46. The topological polar surface area (TPSA) is 76.7 Å². The Balaban J connectivity index is 1.98. The van der Waals surface area contributed by atoms with Crippen LogP contribution in [-0.2, 0) is 11.0 Å². The molecule has 0 unspecified atom stereocenters. The molecule has 0 saturated heterocycles. The van der Waals surface area contributed by atoms with Gasteiger partial charge in [-0.2, -0.15) is 13.2 Å². The number of hydrogen-bond donors (Lipinski definition) is 2. The summed E-state index contributed by atoms with van der Waals surface area (Å²) in [5, 5.41) is 0. The van der Waals surface area contributed by atoms with E-state index < -0.39 is 23.6 Å². The van der Waals surface area contributed by atoms with Crippen molar-refractivity contribution in [1.82, 2.24) is 10.9 Å². The summed E-state index contributed by atoms with van der Waals surface area (Å²) in [6.07, 6.45) is -2.34. The van der Waals surface area contributed by atoms with E-state index in [4.69, 9.17) is 9.47 Å². The van der Waals surface area contributed by atoms with E-state index in [1.54, 1.807) is 6.07 Å². The van der Waals surface area contributed by atoms with Crippen molar-refractivity contribution in [2.75, 3.05) is 7.11 Å². The van der Waals surface area contributed by atoms with E-state index >= 15 is 0 Å². The van der Waals surface area contributed by atoms with Crippen LogP contribution < -0.4 is 20.3 Å². The zero-order valence-electron chi connectivity index (χ0n) is 16.5. The van der Waals surface area contributed by atoms with Gasteiger partial charge in [0.1, 0.15) is 0 Å². The molecule has 0 radical (unpaired) electrons. The number of hydrogen-bond acceptors (Lipinski definition) is 4. The Morgan fingerprint density at radius 2 is 1.77 bits per heavy atom. The van der Waals surface area contributed by atoms with E-state index in [0.717, 1.165) is 18.2 Å². The number of halogens is 3. The molecule has 2 rings (SSSR count). The highest BCUT2D eigenvalue weighted by Crippen LogP contribution is 2.30. The van der Waals surface area contributed by atoms with Crippen LogP contribution in [-0.4, -0.2) is 25.0 Å². The SMILES string of the molecule is COc1cc(C(=O)NNC(=O)/C=C/c2cccc(C(F)(F)F)c2)ccc1OC(C)C. The molecule has 0 spiro atoms. The van der Waals surface area contributed by atoms with Crippen LogP contribution in [0.15, 0.2) is 48.5 Å². The Labute approximate surface area is 171 Å². The molecular weight excluding hydrogens is 401 g/mol. The number of methoxy groups -OCH3 is 1. The standard InChI is InChI=1S/C21H21F3N2O4/c1-13(2)30-17-9-8-15(12-18(17)29-3)20(28)26-25-19(27)10-7-14-5-4-6-16(11-14)21(22,23)24/h4-13H,1-3H3,(H,25,27)(H,26,28)/b10-7+. The third-order valence-electron chi connectivity index (χ3n) is 3.73. The van der Waals surface area contributed by atoms with Crippen molar-refractivity contribution < 1.29 is 32.2 Å². The Bertz CT molecular complexity index is 940. The van der Waals surface area contributed by atoms with Gasteiger partial charge in [-0.1, -0.05) is 12.1 Å². The van der Waals surface area contributed by atoms with E-state index in [0.29, 0.717) is 11.5 Å². The van der Waals surface area contributed by atoms with Crippen molar-refractivity contribution in [3.05, 3.63) is 65.2 Å². The molecular formula is C21H21F3N2O4. The van der Waals surface area contributed by atoms with Gasteiger partial charge < -0.3 is 9.47 Å². The van der Waals surface area contributed by atoms with E-state index in [-0.39, 0.29) is 17.2 Å². The number of ether oxygens (including phenoxy) is 2. The van der Waals surface area contributed by atoms with Crippen molar-refractivity contribution in [3.8, 4) is 11.5 Å². The average molecular weight is 422 g/mol. The number of carbonyl (C=O) groups is 2. The molecule has 0 aromatic heterocycles. The first kappa shape index (κ1) is 22.8. The van der Waals surface area contributed by atoms with Gasteiger partial charge in [0.15, 0.2) is 11.5 Å². The van der Waals surface area contributed by atoms with Crippen LogP contribution in [0.5, 0.6) is 11.5 Å². The quantitative estimate of drug-likeness (QED) is 0.546. The Hall–Kier alpha value is -3.49. The smallest absolute Gasteiger partial charge is 0.416 e. The van der Waals surface area contributed by atoms with Gasteiger partial charge in [-0.3, -0.25) is 20.4 Å². The number of benzene rings is 2. The van der Waals surface area contributed by atoms with Crippen LogP contribution in [0.1, 0.15) is 35.3 Å². The molecule has 0 aliphatic rings. The average Bonchev–Trinajstić information content (AvgIpc) is 2.70. The van der Waals surface area contributed by atoms with Gasteiger partial charge in [0.25, 0.3) is 11.8 Å². The summed E-state index contributed by atoms with van der Waals surface area (Å²) >= 11 is 0. The second kappa shape index (κ2) is 9.82. The summed E-state index contributed by atoms with van der Waals surface area (Å²) in [5.74, 6) is -0.498. The number of rotatable bonds is 6. The van der Waals surface area contributed by atoms with Crippen LogP contribution >= 0.6 is 0 Å². The van der Waals surface area contributed by atoms with Crippen molar-refractivity contribution >= 4 is 17.9 Å². The molecule has 160 valence electrons. The second-order valence-electron chi connectivity index (χ2n) is 6.43. The van der Waals surface area contributed by atoms with Gasteiger partial charge in [-0.15, -0.1) is 0 Å². The molecule has 2 aromatic rings. The van der Waals surface area contributed by atoms with Crippen LogP contribution in [0.25, 0.3) is 6.08 Å². The molecule has 0 atom stereocenters. The first-order valence-electron chi connectivity index (χ1n) is 8.90. The molecule has 0 fully saturated rings. The van der Waals surface area contributed by atoms with Crippen molar-refractivity contribution in [3.63, 3.8) is 0 Å². The summed E-state index contributed by atoms with van der Waals surface area (Å²) in [5.41, 5.74) is 3.96. The molecule has 2 aromatic carbocycles. The van der Waals surface area contributed by atoms with Crippen LogP contribution in [0.4, 0.5) is 13.2 Å². The zero-order chi connectivity index (χ0) is 22.3. The number of amides is 2. The lowest BCUT2D eigenvalue weighted by Gasteiger charge is -2.14. The molecule has 30 heavy (non-hydrogen) atoms. The highest BCUT2D eigenvalue weighted by Gasteiger charge is 2.30. The number of nitrogens with one attached hydrogen (secondary N) is 2.